The van der Waals surface area contributed by atoms with Gasteiger partial charge in [0, 0.05) is 4.88 Å². The van der Waals surface area contributed by atoms with Gasteiger partial charge in [-0.15, -0.1) is 11.3 Å². The van der Waals surface area contributed by atoms with E-state index < -0.39 is 0 Å². The molecule has 0 aromatic carbocycles. The number of thiophene rings is 1. The Kier molecular flexibility index (Phi) is 4.04. The Morgan fingerprint density at radius 2 is 2.22 bits per heavy atom. The van der Waals surface area contributed by atoms with Crippen LogP contribution in [-0.2, 0) is 6.54 Å². The Morgan fingerprint density at radius 3 is 2.89 bits per heavy atom. The molecule has 0 saturated carbocycles. The van der Waals surface area contributed by atoms with Gasteiger partial charge in [0.15, 0.2) is 0 Å². The number of rotatable bonds is 5. The molecule has 0 fully saturated rings. The molecule has 2 heterocycles. The molecule has 96 valence electrons. The van der Waals surface area contributed by atoms with E-state index in [9.17, 15) is 0 Å². The summed E-state index contributed by atoms with van der Waals surface area (Å²) < 4.78 is 5.55. The van der Waals surface area contributed by atoms with E-state index in [0.29, 0.717) is 11.6 Å². The first kappa shape index (κ1) is 12.7. The van der Waals surface area contributed by atoms with Crippen molar-refractivity contribution >= 4 is 22.8 Å². The van der Waals surface area contributed by atoms with Crippen LogP contribution < -0.4 is 15.8 Å². The highest BCUT2D eigenvalue weighted by Crippen LogP contribution is 2.22. The van der Waals surface area contributed by atoms with Crippen LogP contribution >= 0.6 is 11.3 Å². The lowest BCUT2D eigenvalue weighted by Gasteiger charge is -2.12. The van der Waals surface area contributed by atoms with E-state index in [0.717, 1.165) is 12.4 Å². The largest absolute Gasteiger partial charge is 0.473 e. The van der Waals surface area contributed by atoms with Gasteiger partial charge in [-0.05, 0) is 37.4 Å². The topological polar surface area (TPSA) is 60.2 Å². The van der Waals surface area contributed by atoms with E-state index in [2.05, 4.69) is 21.7 Å². The van der Waals surface area contributed by atoms with Crippen molar-refractivity contribution in [1.29, 1.82) is 0 Å². The summed E-state index contributed by atoms with van der Waals surface area (Å²) in [7, 11) is 0. The van der Waals surface area contributed by atoms with Gasteiger partial charge in [-0.25, -0.2) is 0 Å². The summed E-state index contributed by atoms with van der Waals surface area (Å²) in [4.78, 5) is 5.62. The van der Waals surface area contributed by atoms with E-state index in [1.54, 1.807) is 11.3 Å². The molecule has 0 amide bonds. The third-order valence-corrected chi connectivity index (χ3v) is 3.14. The minimum absolute atomic E-state index is 0.0624. The number of anilines is 2. The molecule has 2 rings (SSSR count). The number of hydrogen-bond acceptors (Lipinski definition) is 5. The predicted molar refractivity (Wildman–Crippen MR) is 76.1 cm³/mol. The SMILES string of the molecule is CC(C)Oc1nc(NCc2cccs2)ccc1N. The third kappa shape index (κ3) is 3.37. The molecule has 2 aromatic heterocycles. The Morgan fingerprint density at radius 1 is 1.39 bits per heavy atom. The van der Waals surface area contributed by atoms with Crippen LogP contribution in [0.5, 0.6) is 5.88 Å². The summed E-state index contributed by atoms with van der Waals surface area (Å²) in [6, 6.07) is 7.78. The molecule has 5 heteroatoms. The van der Waals surface area contributed by atoms with E-state index in [4.69, 9.17) is 10.5 Å². The van der Waals surface area contributed by atoms with Gasteiger partial charge in [-0.2, -0.15) is 4.98 Å². The zero-order chi connectivity index (χ0) is 13.0. The first-order valence-corrected chi connectivity index (χ1v) is 6.72. The molecule has 0 aliphatic heterocycles. The molecule has 0 spiro atoms. The second-order valence-corrected chi connectivity index (χ2v) is 5.22. The molecular formula is C13H17N3OS. The summed E-state index contributed by atoms with van der Waals surface area (Å²) in [5.74, 6) is 1.26. The molecule has 18 heavy (non-hydrogen) atoms. The van der Waals surface area contributed by atoms with Crippen molar-refractivity contribution in [3.05, 3.63) is 34.5 Å². The average molecular weight is 263 g/mol. The number of nitrogens with two attached hydrogens (primary N) is 1. The van der Waals surface area contributed by atoms with Gasteiger partial charge in [-0.1, -0.05) is 6.07 Å². The van der Waals surface area contributed by atoms with Crippen molar-refractivity contribution < 1.29 is 4.74 Å². The van der Waals surface area contributed by atoms with E-state index in [1.165, 1.54) is 4.88 Å². The van der Waals surface area contributed by atoms with Crippen LogP contribution in [0.1, 0.15) is 18.7 Å². The van der Waals surface area contributed by atoms with Crippen molar-refractivity contribution in [3.8, 4) is 5.88 Å². The van der Waals surface area contributed by atoms with E-state index >= 15 is 0 Å². The van der Waals surface area contributed by atoms with Crippen molar-refractivity contribution in [3.63, 3.8) is 0 Å². The highest BCUT2D eigenvalue weighted by Gasteiger charge is 2.06. The van der Waals surface area contributed by atoms with Gasteiger partial charge in [0.05, 0.1) is 18.3 Å². The summed E-state index contributed by atoms with van der Waals surface area (Å²) in [5.41, 5.74) is 6.38. The summed E-state index contributed by atoms with van der Waals surface area (Å²) >= 11 is 1.71. The maximum Gasteiger partial charge on any atom is 0.239 e. The number of nitrogen functional groups attached to an aromatic ring is 1. The maximum atomic E-state index is 5.82. The number of nitrogens with zero attached hydrogens (tertiary/aromatic N) is 1. The maximum absolute atomic E-state index is 5.82. The highest BCUT2D eigenvalue weighted by molar-refractivity contribution is 7.09. The van der Waals surface area contributed by atoms with Gasteiger partial charge >= 0.3 is 0 Å². The van der Waals surface area contributed by atoms with Crippen LogP contribution in [0.3, 0.4) is 0 Å². The molecule has 0 bridgehead atoms. The first-order valence-electron chi connectivity index (χ1n) is 5.84. The Balaban J connectivity index is 2.04. The van der Waals surface area contributed by atoms with E-state index in [1.807, 2.05) is 32.0 Å². The molecule has 2 aromatic rings. The molecular weight excluding hydrogens is 246 g/mol. The normalized spacial score (nSPS) is 10.6. The number of pyridine rings is 1. The van der Waals surface area contributed by atoms with Crippen molar-refractivity contribution in [2.45, 2.75) is 26.5 Å². The van der Waals surface area contributed by atoms with Gasteiger partial charge < -0.3 is 15.8 Å². The monoisotopic (exact) mass is 263 g/mol. The smallest absolute Gasteiger partial charge is 0.239 e. The Labute approximate surface area is 111 Å². The minimum atomic E-state index is 0.0624. The summed E-state index contributed by atoms with van der Waals surface area (Å²) in [5, 5.41) is 5.31. The van der Waals surface area contributed by atoms with Gasteiger partial charge in [0.2, 0.25) is 5.88 Å². The molecule has 0 saturated heterocycles. The van der Waals surface area contributed by atoms with Crippen LogP contribution in [0.15, 0.2) is 29.6 Å². The fourth-order valence-electron chi connectivity index (χ4n) is 1.46. The highest BCUT2D eigenvalue weighted by atomic mass is 32.1. The van der Waals surface area contributed by atoms with Gasteiger partial charge in [-0.3, -0.25) is 0 Å². The van der Waals surface area contributed by atoms with Crippen molar-refractivity contribution in [2.75, 3.05) is 11.1 Å². The van der Waals surface area contributed by atoms with Gasteiger partial charge in [0.1, 0.15) is 5.82 Å². The Hall–Kier alpha value is -1.75. The minimum Gasteiger partial charge on any atom is -0.473 e. The molecule has 0 unspecified atom stereocenters. The lowest BCUT2D eigenvalue weighted by atomic mass is 10.3. The quantitative estimate of drug-likeness (QED) is 0.870. The molecule has 0 radical (unpaired) electrons. The van der Waals surface area contributed by atoms with Crippen LogP contribution in [0.25, 0.3) is 0 Å². The average Bonchev–Trinajstić information content (AvgIpc) is 2.82. The molecule has 4 nitrogen and oxygen atoms in total. The van der Waals surface area contributed by atoms with Crippen LogP contribution in [-0.4, -0.2) is 11.1 Å². The molecule has 0 aliphatic carbocycles. The first-order chi connectivity index (χ1) is 8.65. The Bertz CT molecular complexity index is 497. The predicted octanol–water partition coefficient (Wildman–Crippen LogP) is 3.12. The second kappa shape index (κ2) is 5.73. The van der Waals surface area contributed by atoms with Gasteiger partial charge in [0.25, 0.3) is 0 Å². The molecule has 0 atom stereocenters. The number of aromatic nitrogens is 1. The fourth-order valence-corrected chi connectivity index (χ4v) is 2.10. The second-order valence-electron chi connectivity index (χ2n) is 4.19. The van der Waals surface area contributed by atoms with Crippen LogP contribution in [0, 0.1) is 0 Å². The standard InChI is InChI=1S/C13H17N3OS/c1-9(2)17-13-11(14)5-6-12(16-13)15-8-10-4-3-7-18-10/h3-7,9H,8,14H2,1-2H3,(H,15,16). The lowest BCUT2D eigenvalue weighted by molar-refractivity contribution is 0.234. The zero-order valence-corrected chi connectivity index (χ0v) is 11.3. The molecule has 0 aliphatic rings. The van der Waals surface area contributed by atoms with Crippen LogP contribution in [0.4, 0.5) is 11.5 Å². The van der Waals surface area contributed by atoms with Crippen molar-refractivity contribution in [1.82, 2.24) is 4.98 Å². The van der Waals surface area contributed by atoms with Crippen LogP contribution in [0.2, 0.25) is 0 Å². The summed E-state index contributed by atoms with van der Waals surface area (Å²) in [6.45, 7) is 4.66. The lowest BCUT2D eigenvalue weighted by Crippen LogP contribution is -2.10. The molecule has 3 N–H and O–H groups in total. The zero-order valence-electron chi connectivity index (χ0n) is 10.5. The number of nitrogens with one attached hydrogen (secondary N) is 1. The van der Waals surface area contributed by atoms with Crippen molar-refractivity contribution in [2.24, 2.45) is 0 Å². The summed E-state index contributed by atoms with van der Waals surface area (Å²) in [6.07, 6.45) is 0.0624. The number of hydrogen-bond donors (Lipinski definition) is 2. The third-order valence-electron chi connectivity index (χ3n) is 2.26. The fraction of sp³-hybridized carbons (Fsp3) is 0.308. The number of ether oxygens (including phenoxy) is 1. The van der Waals surface area contributed by atoms with E-state index in [-0.39, 0.29) is 6.10 Å².